The average molecular weight is 439 g/mol. The van der Waals surface area contributed by atoms with Gasteiger partial charge in [-0.25, -0.2) is 4.98 Å². The van der Waals surface area contributed by atoms with Crippen molar-refractivity contribution in [2.75, 3.05) is 4.90 Å². The number of aromatic nitrogens is 3. The summed E-state index contributed by atoms with van der Waals surface area (Å²) in [6.45, 7) is 1.73. The molecule has 1 N–H and O–H groups in total. The zero-order valence-corrected chi connectivity index (χ0v) is 17.3. The van der Waals surface area contributed by atoms with E-state index in [1.807, 2.05) is 24.3 Å². The molecule has 1 aliphatic rings. The van der Waals surface area contributed by atoms with Gasteiger partial charge < -0.3 is 0 Å². The molecule has 0 spiro atoms. The van der Waals surface area contributed by atoms with Gasteiger partial charge in [-0.05, 0) is 43.3 Å². The standard InChI is InChI=1S/C21H15ClN4O3S/c1-11-18(14-10-17(27)25(19(14)28)13-8-6-12(22)7-9-13)20(29)26(24-11)21-23-15-4-2-3-5-16(15)30-21/h2-9,14,24H,10H2,1H3/t14-/m0/s1. The highest BCUT2D eigenvalue weighted by Crippen LogP contribution is 2.34. The molecule has 0 aliphatic carbocycles. The zero-order chi connectivity index (χ0) is 21.0. The van der Waals surface area contributed by atoms with E-state index in [1.165, 1.54) is 16.0 Å². The van der Waals surface area contributed by atoms with Crippen molar-refractivity contribution in [2.45, 2.75) is 19.3 Å². The molecule has 30 heavy (non-hydrogen) atoms. The number of anilines is 1. The van der Waals surface area contributed by atoms with Crippen molar-refractivity contribution < 1.29 is 9.59 Å². The summed E-state index contributed by atoms with van der Waals surface area (Å²) in [6, 6.07) is 14.1. The van der Waals surface area contributed by atoms with Crippen molar-refractivity contribution >= 4 is 50.7 Å². The number of hydrogen-bond acceptors (Lipinski definition) is 5. The van der Waals surface area contributed by atoms with Gasteiger partial charge in [-0.15, -0.1) is 0 Å². The third kappa shape index (κ3) is 2.88. The number of hydrogen-bond donors (Lipinski definition) is 1. The van der Waals surface area contributed by atoms with Crippen LogP contribution in [0, 0.1) is 6.92 Å². The van der Waals surface area contributed by atoms with Gasteiger partial charge in [-0.1, -0.05) is 35.1 Å². The Labute approximate surface area is 179 Å². The van der Waals surface area contributed by atoms with Crippen LogP contribution in [0.4, 0.5) is 5.69 Å². The molecule has 7 nitrogen and oxygen atoms in total. The molecule has 2 aromatic carbocycles. The fourth-order valence-electron chi connectivity index (χ4n) is 3.78. The highest BCUT2D eigenvalue weighted by Gasteiger charge is 2.43. The maximum absolute atomic E-state index is 13.2. The van der Waals surface area contributed by atoms with Crippen LogP contribution in [0.15, 0.2) is 53.3 Å². The Morgan fingerprint density at radius 3 is 2.57 bits per heavy atom. The molecule has 9 heteroatoms. The molecule has 1 fully saturated rings. The first-order chi connectivity index (χ1) is 14.4. The van der Waals surface area contributed by atoms with Crippen LogP contribution in [0.3, 0.4) is 0 Å². The van der Waals surface area contributed by atoms with Gasteiger partial charge in [0.2, 0.25) is 16.9 Å². The molecular formula is C21H15ClN4O3S. The van der Waals surface area contributed by atoms with Crippen LogP contribution in [0.1, 0.15) is 23.6 Å². The number of para-hydroxylation sites is 1. The lowest BCUT2D eigenvalue weighted by Crippen LogP contribution is -2.31. The van der Waals surface area contributed by atoms with Crippen molar-refractivity contribution in [2.24, 2.45) is 0 Å². The number of thiazole rings is 1. The summed E-state index contributed by atoms with van der Waals surface area (Å²) in [5, 5.41) is 4.01. The molecule has 1 saturated heterocycles. The first-order valence-electron chi connectivity index (χ1n) is 9.24. The van der Waals surface area contributed by atoms with Crippen LogP contribution in [0.25, 0.3) is 15.3 Å². The van der Waals surface area contributed by atoms with Gasteiger partial charge in [-0.3, -0.25) is 24.4 Å². The van der Waals surface area contributed by atoms with Gasteiger partial charge in [0.05, 0.1) is 27.4 Å². The number of halogens is 1. The lowest BCUT2D eigenvalue weighted by molar-refractivity contribution is -0.121. The van der Waals surface area contributed by atoms with Crippen molar-refractivity contribution in [1.82, 2.24) is 14.8 Å². The topological polar surface area (TPSA) is 88.1 Å². The number of aryl methyl sites for hydroxylation is 1. The molecule has 0 unspecified atom stereocenters. The fourth-order valence-corrected chi connectivity index (χ4v) is 4.83. The Morgan fingerprint density at radius 1 is 1.10 bits per heavy atom. The van der Waals surface area contributed by atoms with Crippen LogP contribution in [0.5, 0.6) is 0 Å². The van der Waals surface area contributed by atoms with Crippen LogP contribution < -0.4 is 10.5 Å². The lowest BCUT2D eigenvalue weighted by atomic mass is 9.98. The highest BCUT2D eigenvalue weighted by molar-refractivity contribution is 7.20. The Balaban J connectivity index is 1.55. The average Bonchev–Trinajstić information content (AvgIpc) is 3.36. The minimum Gasteiger partial charge on any atom is -0.293 e. The minimum absolute atomic E-state index is 0.0603. The zero-order valence-electron chi connectivity index (χ0n) is 15.8. The summed E-state index contributed by atoms with van der Waals surface area (Å²) in [7, 11) is 0. The number of H-pyrrole nitrogens is 1. The number of benzene rings is 2. The molecule has 5 rings (SSSR count). The molecule has 0 radical (unpaired) electrons. The van der Waals surface area contributed by atoms with E-state index in [-0.39, 0.29) is 17.9 Å². The number of rotatable bonds is 3. The number of carbonyl (C=O) groups is 2. The summed E-state index contributed by atoms with van der Waals surface area (Å²) < 4.78 is 2.30. The molecule has 2 aromatic heterocycles. The lowest BCUT2D eigenvalue weighted by Gasteiger charge is -2.14. The SMILES string of the molecule is Cc1[nH]n(-c2nc3ccccc3s2)c(=O)c1[C@@H]1CC(=O)N(c2ccc(Cl)cc2)C1=O. The molecule has 1 atom stereocenters. The minimum atomic E-state index is -0.840. The van der Waals surface area contributed by atoms with Gasteiger partial charge in [0, 0.05) is 17.1 Å². The molecule has 2 amide bonds. The number of nitrogens with one attached hydrogen (secondary N) is 1. The van der Waals surface area contributed by atoms with E-state index in [4.69, 9.17) is 11.6 Å². The quantitative estimate of drug-likeness (QED) is 0.493. The van der Waals surface area contributed by atoms with Gasteiger partial charge in [-0.2, -0.15) is 4.68 Å². The molecule has 0 saturated carbocycles. The predicted molar refractivity (Wildman–Crippen MR) is 116 cm³/mol. The molecule has 1 aliphatic heterocycles. The summed E-state index contributed by atoms with van der Waals surface area (Å²) >= 11 is 7.28. The van der Waals surface area contributed by atoms with E-state index in [0.717, 1.165) is 15.1 Å². The molecule has 0 bridgehead atoms. The van der Waals surface area contributed by atoms with Crippen molar-refractivity contribution in [3.05, 3.63) is 75.2 Å². The first-order valence-corrected chi connectivity index (χ1v) is 10.4. The summed E-state index contributed by atoms with van der Waals surface area (Å²) in [5.74, 6) is -1.61. The number of fused-ring (bicyclic) bond motifs is 1. The van der Waals surface area contributed by atoms with Crippen LogP contribution in [-0.4, -0.2) is 26.6 Å². The van der Waals surface area contributed by atoms with Crippen LogP contribution in [0.2, 0.25) is 5.02 Å². The third-order valence-corrected chi connectivity index (χ3v) is 6.44. The van der Waals surface area contributed by atoms with E-state index >= 15 is 0 Å². The van der Waals surface area contributed by atoms with Crippen LogP contribution in [-0.2, 0) is 9.59 Å². The van der Waals surface area contributed by atoms with Gasteiger partial charge in [0.15, 0.2) is 0 Å². The normalized spacial score (nSPS) is 16.7. The number of carbonyl (C=O) groups excluding carboxylic acids is 2. The Morgan fingerprint density at radius 2 is 1.83 bits per heavy atom. The maximum atomic E-state index is 13.2. The van der Waals surface area contributed by atoms with E-state index in [0.29, 0.717) is 27.1 Å². The summed E-state index contributed by atoms with van der Waals surface area (Å²) in [4.78, 5) is 44.5. The molecular weight excluding hydrogens is 424 g/mol. The van der Waals surface area contributed by atoms with E-state index in [1.54, 1.807) is 31.2 Å². The smallest absolute Gasteiger partial charge is 0.277 e. The summed E-state index contributed by atoms with van der Waals surface area (Å²) in [6.07, 6.45) is -0.0603. The number of aromatic amines is 1. The second-order valence-corrected chi connectivity index (χ2v) is 8.50. The monoisotopic (exact) mass is 438 g/mol. The van der Waals surface area contributed by atoms with Gasteiger partial charge in [0.1, 0.15) is 0 Å². The Bertz CT molecular complexity index is 1340. The Kier molecular flexibility index (Phi) is 4.34. The first kappa shape index (κ1) is 18.8. The summed E-state index contributed by atoms with van der Waals surface area (Å²) in [5.41, 5.74) is 1.71. The van der Waals surface area contributed by atoms with E-state index < -0.39 is 11.8 Å². The number of imide groups is 1. The van der Waals surface area contributed by atoms with Gasteiger partial charge >= 0.3 is 0 Å². The van der Waals surface area contributed by atoms with E-state index in [2.05, 4.69) is 10.1 Å². The van der Waals surface area contributed by atoms with Gasteiger partial charge in [0.25, 0.3) is 5.56 Å². The molecule has 150 valence electrons. The van der Waals surface area contributed by atoms with Crippen molar-refractivity contribution in [3.63, 3.8) is 0 Å². The molecule has 3 heterocycles. The second kappa shape index (κ2) is 6.93. The fraction of sp³-hybridized carbons (Fsp3) is 0.143. The largest absolute Gasteiger partial charge is 0.293 e. The van der Waals surface area contributed by atoms with Crippen molar-refractivity contribution in [1.29, 1.82) is 0 Å². The highest BCUT2D eigenvalue weighted by atomic mass is 35.5. The number of amides is 2. The Hall–Kier alpha value is -3.23. The maximum Gasteiger partial charge on any atom is 0.277 e. The van der Waals surface area contributed by atoms with E-state index in [9.17, 15) is 14.4 Å². The second-order valence-electron chi connectivity index (χ2n) is 7.06. The number of nitrogens with zero attached hydrogens (tertiary/aromatic N) is 3. The van der Waals surface area contributed by atoms with Crippen molar-refractivity contribution in [3.8, 4) is 5.13 Å². The third-order valence-electron chi connectivity index (χ3n) is 5.17. The molecule has 4 aromatic rings. The predicted octanol–water partition coefficient (Wildman–Crippen LogP) is 3.78. The van der Waals surface area contributed by atoms with Crippen LogP contribution >= 0.6 is 22.9 Å².